The number of unbranched alkanes of at least 4 members (excludes halogenated alkanes) is 6. The van der Waals surface area contributed by atoms with Crippen molar-refractivity contribution in [3.8, 4) is 17.2 Å². The normalized spacial score (nSPS) is 12.7. The van der Waals surface area contributed by atoms with E-state index in [4.69, 9.17) is 6.57 Å². The van der Waals surface area contributed by atoms with E-state index in [0.29, 0.717) is 11.3 Å². The van der Waals surface area contributed by atoms with Crippen molar-refractivity contribution >= 4 is 51.5 Å². The summed E-state index contributed by atoms with van der Waals surface area (Å²) >= 11 is 0. The van der Waals surface area contributed by atoms with E-state index in [0.717, 1.165) is 82.1 Å². The maximum absolute atomic E-state index is 11.4. The quantitative estimate of drug-likeness (QED) is 0.0351. The topological polar surface area (TPSA) is 34.6 Å². The number of nitriles is 1. The molecule has 0 unspecified atom stereocenters. The molecule has 0 spiro atoms. The third kappa shape index (κ3) is 9.77. The lowest BCUT2D eigenvalue weighted by Gasteiger charge is -2.33. The van der Waals surface area contributed by atoms with Crippen molar-refractivity contribution in [2.45, 2.75) is 97.3 Å². The number of anilines is 6. The zero-order valence-electron chi connectivity index (χ0n) is 39.7. The van der Waals surface area contributed by atoms with E-state index in [1.807, 2.05) is 13.0 Å². The second-order valence-corrected chi connectivity index (χ2v) is 17.9. The van der Waals surface area contributed by atoms with Gasteiger partial charge in [0.15, 0.2) is 5.70 Å². The van der Waals surface area contributed by atoms with Crippen LogP contribution in [0.25, 0.3) is 33.3 Å². The molecule has 1 aliphatic carbocycles. The Morgan fingerprint density at radius 3 is 1.45 bits per heavy atom. The SMILES string of the molecule is [C-]#[N+]/C(=C\C)c1ccc2c(c1)C(CCCCCC)(CCCCCC)c1cc(/C(C#N)=C/c3cc(N(c4ccccc4)c4ccccc4)c(C)cc3N(c3ccccc3)c3ccccc3)ccc1-2. The van der Waals surface area contributed by atoms with Crippen molar-refractivity contribution in [2.24, 2.45) is 0 Å². The Morgan fingerprint density at radius 2 is 1.01 bits per heavy atom. The van der Waals surface area contributed by atoms with E-state index in [1.54, 1.807) is 0 Å². The van der Waals surface area contributed by atoms with Crippen LogP contribution < -0.4 is 9.80 Å². The molecule has 0 aliphatic heterocycles. The Balaban J connectivity index is 1.36. The minimum Gasteiger partial charge on any atom is -0.310 e. The second kappa shape index (κ2) is 21.7. The van der Waals surface area contributed by atoms with Crippen LogP contribution >= 0.6 is 0 Å². The van der Waals surface area contributed by atoms with Gasteiger partial charge in [0.2, 0.25) is 0 Å². The molecule has 0 heterocycles. The molecule has 4 heteroatoms. The number of hydrogen-bond acceptors (Lipinski definition) is 3. The molecule has 0 bridgehead atoms. The summed E-state index contributed by atoms with van der Waals surface area (Å²) in [4.78, 5) is 8.56. The van der Waals surface area contributed by atoms with E-state index in [9.17, 15) is 5.26 Å². The van der Waals surface area contributed by atoms with Gasteiger partial charge in [-0.25, -0.2) is 4.85 Å². The fourth-order valence-corrected chi connectivity index (χ4v) is 10.2. The number of hydrogen-bond donors (Lipinski definition) is 0. The van der Waals surface area contributed by atoms with Crippen LogP contribution in [0.5, 0.6) is 0 Å². The number of allylic oxidation sites excluding steroid dienone is 2. The van der Waals surface area contributed by atoms with Crippen molar-refractivity contribution < 1.29 is 0 Å². The number of aryl methyl sites for hydroxylation is 1. The van der Waals surface area contributed by atoms with Gasteiger partial charge in [-0.15, -0.1) is 0 Å². The van der Waals surface area contributed by atoms with Gasteiger partial charge < -0.3 is 9.80 Å². The zero-order chi connectivity index (χ0) is 46.6. The molecule has 0 fully saturated rings. The maximum Gasteiger partial charge on any atom is 0.190 e. The predicted octanol–water partition coefficient (Wildman–Crippen LogP) is 18.5. The summed E-state index contributed by atoms with van der Waals surface area (Å²) in [6, 6.07) is 62.9. The van der Waals surface area contributed by atoms with Gasteiger partial charge in [0.1, 0.15) is 0 Å². The lowest BCUT2D eigenvalue weighted by atomic mass is 9.70. The average Bonchev–Trinajstić information content (AvgIpc) is 3.64. The summed E-state index contributed by atoms with van der Waals surface area (Å²) < 4.78 is 0. The molecule has 8 rings (SSSR count). The van der Waals surface area contributed by atoms with Gasteiger partial charge >= 0.3 is 0 Å². The molecule has 334 valence electrons. The fourth-order valence-electron chi connectivity index (χ4n) is 10.2. The first kappa shape index (κ1) is 46.1. The summed E-state index contributed by atoms with van der Waals surface area (Å²) in [6.07, 6.45) is 15.5. The zero-order valence-corrected chi connectivity index (χ0v) is 39.7. The second-order valence-electron chi connectivity index (χ2n) is 17.9. The van der Waals surface area contributed by atoms with Crippen LogP contribution in [0.4, 0.5) is 34.1 Å². The van der Waals surface area contributed by atoms with Crippen LogP contribution in [0.2, 0.25) is 0 Å². The smallest absolute Gasteiger partial charge is 0.190 e. The highest BCUT2D eigenvalue weighted by Crippen LogP contribution is 2.55. The monoisotopic (exact) mass is 874 g/mol. The van der Waals surface area contributed by atoms with Crippen molar-refractivity contribution in [1.29, 1.82) is 5.26 Å². The molecule has 1 aliphatic rings. The van der Waals surface area contributed by atoms with E-state index < -0.39 is 0 Å². The van der Waals surface area contributed by atoms with E-state index >= 15 is 0 Å². The van der Waals surface area contributed by atoms with Crippen molar-refractivity contribution in [3.05, 3.63) is 221 Å². The Bertz CT molecular complexity index is 2830. The lowest BCUT2D eigenvalue weighted by Crippen LogP contribution is -2.26. The maximum atomic E-state index is 11.4. The van der Waals surface area contributed by atoms with Crippen molar-refractivity contribution in [2.75, 3.05) is 9.80 Å². The average molecular weight is 875 g/mol. The van der Waals surface area contributed by atoms with Crippen molar-refractivity contribution in [1.82, 2.24) is 0 Å². The van der Waals surface area contributed by atoms with Gasteiger partial charge in [0.25, 0.3) is 0 Å². The summed E-state index contributed by atoms with van der Waals surface area (Å²) in [6.45, 7) is 16.7. The van der Waals surface area contributed by atoms with Gasteiger partial charge in [0.05, 0.1) is 23.9 Å². The number of para-hydroxylation sites is 4. The molecule has 0 saturated heterocycles. The molecule has 0 N–H and O–H groups in total. The van der Waals surface area contributed by atoms with Gasteiger partial charge in [-0.3, -0.25) is 0 Å². The Morgan fingerprint density at radius 1 is 0.567 bits per heavy atom. The molecule has 0 saturated carbocycles. The first-order valence-electron chi connectivity index (χ1n) is 24.4. The van der Waals surface area contributed by atoms with Crippen LogP contribution in [0.3, 0.4) is 0 Å². The minimum absolute atomic E-state index is 0.231. The summed E-state index contributed by atoms with van der Waals surface area (Å²) in [5, 5.41) is 11.4. The van der Waals surface area contributed by atoms with Crippen LogP contribution in [0, 0.1) is 24.8 Å². The van der Waals surface area contributed by atoms with Crippen LogP contribution in [-0.2, 0) is 5.41 Å². The van der Waals surface area contributed by atoms with E-state index in [1.165, 1.54) is 60.8 Å². The Hall–Kier alpha value is -7.40. The van der Waals surface area contributed by atoms with E-state index in [-0.39, 0.29) is 5.41 Å². The number of rotatable bonds is 19. The van der Waals surface area contributed by atoms with Crippen LogP contribution in [0.1, 0.15) is 118 Å². The van der Waals surface area contributed by atoms with E-state index in [2.05, 4.69) is 217 Å². The largest absolute Gasteiger partial charge is 0.310 e. The highest BCUT2D eigenvalue weighted by molar-refractivity contribution is 5.97. The van der Waals surface area contributed by atoms with Gasteiger partial charge in [0, 0.05) is 39.4 Å². The Kier molecular flexibility index (Phi) is 15.0. The van der Waals surface area contributed by atoms with Gasteiger partial charge in [-0.05, 0) is 132 Å². The lowest BCUT2D eigenvalue weighted by molar-refractivity contribution is 0.401. The number of nitrogens with zero attached hydrogens (tertiary/aromatic N) is 4. The minimum atomic E-state index is -0.231. The highest BCUT2D eigenvalue weighted by Gasteiger charge is 2.43. The predicted molar refractivity (Wildman–Crippen MR) is 284 cm³/mol. The molecule has 7 aromatic rings. The van der Waals surface area contributed by atoms with Gasteiger partial charge in [-0.2, -0.15) is 5.26 Å². The third-order valence-electron chi connectivity index (χ3n) is 13.6. The van der Waals surface area contributed by atoms with Crippen LogP contribution in [0.15, 0.2) is 176 Å². The summed E-state index contributed by atoms with van der Waals surface area (Å²) in [5.41, 5.74) is 16.3. The number of benzene rings is 7. The standard InChI is InChI=1S/C63H62N4/c1-6-9-11-25-39-63(40-26-12-10-7-2)58-43-48(35-37-56(58)57-38-36-49(44-59(57)63)60(8-3)65-5)51(46-64)42-50-45-61(66(52-27-17-13-18-28-52)53-29-19-14-20-30-53)47(4)41-62(50)67(54-31-21-15-22-32-54)55-33-23-16-24-34-55/h8,13-24,27-38,41-45H,6-7,9-12,25-26,39-40H2,1-4H3/b51-42+,60-8-. The third-order valence-corrected chi connectivity index (χ3v) is 13.6. The molecule has 7 aromatic carbocycles. The molecule has 0 atom stereocenters. The molecular formula is C63H62N4. The summed E-state index contributed by atoms with van der Waals surface area (Å²) in [7, 11) is 0. The molecule has 4 nitrogen and oxygen atoms in total. The molecule has 0 amide bonds. The molecule has 0 radical (unpaired) electrons. The highest BCUT2D eigenvalue weighted by atomic mass is 15.2. The molecular weight excluding hydrogens is 813 g/mol. The molecule has 0 aromatic heterocycles. The number of fused-ring (bicyclic) bond motifs is 3. The Labute approximate surface area is 400 Å². The first-order valence-corrected chi connectivity index (χ1v) is 24.4. The summed E-state index contributed by atoms with van der Waals surface area (Å²) in [5.74, 6) is 0. The fraction of sp³-hybridized carbons (Fsp3) is 0.238. The van der Waals surface area contributed by atoms with Crippen LogP contribution in [-0.4, -0.2) is 0 Å². The van der Waals surface area contributed by atoms with Crippen molar-refractivity contribution in [3.63, 3.8) is 0 Å². The molecule has 67 heavy (non-hydrogen) atoms. The first-order chi connectivity index (χ1) is 32.9. The van der Waals surface area contributed by atoms with Gasteiger partial charge in [-0.1, -0.05) is 181 Å².